The van der Waals surface area contributed by atoms with Crippen molar-refractivity contribution in [3.05, 3.63) is 34.9 Å². The molecule has 1 heterocycles. The summed E-state index contributed by atoms with van der Waals surface area (Å²) in [5.41, 5.74) is 1.26. The van der Waals surface area contributed by atoms with Crippen molar-refractivity contribution in [1.29, 1.82) is 0 Å². The topological polar surface area (TPSA) is 40.5 Å². The molecule has 0 aromatic heterocycles. The van der Waals surface area contributed by atoms with Gasteiger partial charge in [-0.3, -0.25) is 9.69 Å². The molecule has 3 nitrogen and oxygen atoms in total. The molecule has 2 unspecified atom stereocenters. The zero-order valence-corrected chi connectivity index (χ0v) is 12.1. The highest BCUT2D eigenvalue weighted by Crippen LogP contribution is 2.34. The second-order valence-electron chi connectivity index (χ2n) is 5.32. The molecule has 19 heavy (non-hydrogen) atoms. The molecule has 104 valence electrons. The van der Waals surface area contributed by atoms with Crippen LogP contribution in [0.15, 0.2) is 24.3 Å². The highest BCUT2D eigenvalue weighted by molar-refractivity contribution is 6.30. The van der Waals surface area contributed by atoms with Gasteiger partial charge in [0.15, 0.2) is 0 Å². The third kappa shape index (κ3) is 3.10. The number of hydrogen-bond donors (Lipinski definition) is 1. The minimum Gasteiger partial charge on any atom is -0.481 e. The summed E-state index contributed by atoms with van der Waals surface area (Å²) in [5.74, 6) is -0.665. The minimum absolute atomic E-state index is 0.251. The summed E-state index contributed by atoms with van der Waals surface area (Å²) >= 11 is 5.91. The number of carboxylic acid groups (broad SMARTS) is 1. The second-order valence-corrected chi connectivity index (χ2v) is 5.75. The van der Waals surface area contributed by atoms with E-state index in [-0.39, 0.29) is 11.8 Å². The quantitative estimate of drug-likeness (QED) is 0.899. The van der Waals surface area contributed by atoms with Gasteiger partial charge in [-0.15, -0.1) is 0 Å². The van der Waals surface area contributed by atoms with Crippen LogP contribution in [-0.4, -0.2) is 29.1 Å². The lowest BCUT2D eigenvalue weighted by molar-refractivity contribution is -0.146. The van der Waals surface area contributed by atoms with Gasteiger partial charge in [-0.05, 0) is 30.0 Å². The van der Waals surface area contributed by atoms with Crippen LogP contribution in [0.1, 0.15) is 31.9 Å². The lowest BCUT2D eigenvalue weighted by Crippen LogP contribution is -2.52. The standard InChI is InChI=1S/C15H20ClNO2/c1-3-14(11-4-6-13(16)7-5-11)17-8-12(9-17)10(2)15(18)19/h4-7,10,12,14H,3,8-9H2,1-2H3,(H,18,19). The molecule has 0 radical (unpaired) electrons. The predicted octanol–water partition coefficient (Wildman–Crippen LogP) is 3.44. The first kappa shape index (κ1) is 14.4. The third-order valence-corrected chi connectivity index (χ3v) is 4.37. The van der Waals surface area contributed by atoms with Gasteiger partial charge in [0.25, 0.3) is 0 Å². The number of carboxylic acids is 1. The molecular weight excluding hydrogens is 262 g/mol. The van der Waals surface area contributed by atoms with Crippen LogP contribution < -0.4 is 0 Å². The molecule has 2 rings (SSSR count). The largest absolute Gasteiger partial charge is 0.481 e. The summed E-state index contributed by atoms with van der Waals surface area (Å²) in [6.07, 6.45) is 1.02. The zero-order valence-electron chi connectivity index (χ0n) is 11.3. The Morgan fingerprint density at radius 2 is 2.00 bits per heavy atom. The molecule has 4 heteroatoms. The minimum atomic E-state index is -0.691. The van der Waals surface area contributed by atoms with Crippen molar-refractivity contribution in [2.24, 2.45) is 11.8 Å². The molecule has 0 saturated carbocycles. The van der Waals surface area contributed by atoms with Crippen LogP contribution in [0.2, 0.25) is 5.02 Å². The van der Waals surface area contributed by atoms with E-state index >= 15 is 0 Å². The summed E-state index contributed by atoms with van der Waals surface area (Å²) in [7, 11) is 0. The van der Waals surface area contributed by atoms with E-state index in [1.54, 1.807) is 6.92 Å². The Kier molecular flexibility index (Phi) is 4.48. The molecule has 1 aromatic carbocycles. The van der Waals surface area contributed by atoms with Crippen molar-refractivity contribution in [2.45, 2.75) is 26.3 Å². The SMILES string of the molecule is CCC(c1ccc(Cl)cc1)N1CC(C(C)C(=O)O)C1. The Bertz CT molecular complexity index is 440. The van der Waals surface area contributed by atoms with E-state index in [0.29, 0.717) is 6.04 Å². The molecule has 2 atom stereocenters. The highest BCUT2D eigenvalue weighted by Gasteiger charge is 2.37. The normalized spacial score (nSPS) is 19.7. The predicted molar refractivity (Wildman–Crippen MR) is 76.3 cm³/mol. The lowest BCUT2D eigenvalue weighted by atomic mass is 9.84. The van der Waals surface area contributed by atoms with E-state index in [2.05, 4.69) is 24.0 Å². The van der Waals surface area contributed by atoms with Crippen molar-refractivity contribution >= 4 is 17.6 Å². The first-order valence-corrected chi connectivity index (χ1v) is 7.13. The monoisotopic (exact) mass is 281 g/mol. The molecule has 0 aliphatic carbocycles. The van der Waals surface area contributed by atoms with Gasteiger partial charge in [0.1, 0.15) is 0 Å². The fourth-order valence-electron chi connectivity index (χ4n) is 2.71. The Morgan fingerprint density at radius 1 is 1.42 bits per heavy atom. The molecule has 0 bridgehead atoms. The lowest BCUT2D eigenvalue weighted by Gasteiger charge is -2.46. The van der Waals surface area contributed by atoms with Gasteiger partial charge in [0.2, 0.25) is 0 Å². The number of carbonyl (C=O) groups is 1. The Morgan fingerprint density at radius 3 is 2.47 bits per heavy atom. The second kappa shape index (κ2) is 5.93. The van der Waals surface area contributed by atoms with Crippen LogP contribution in [0.25, 0.3) is 0 Å². The van der Waals surface area contributed by atoms with E-state index < -0.39 is 5.97 Å². The molecule has 1 aromatic rings. The summed E-state index contributed by atoms with van der Waals surface area (Å²) in [6.45, 7) is 5.70. The van der Waals surface area contributed by atoms with Crippen LogP contribution in [-0.2, 0) is 4.79 Å². The van der Waals surface area contributed by atoms with E-state index in [1.807, 2.05) is 12.1 Å². The van der Waals surface area contributed by atoms with Crippen molar-refractivity contribution in [2.75, 3.05) is 13.1 Å². The number of nitrogens with zero attached hydrogens (tertiary/aromatic N) is 1. The number of likely N-dealkylation sites (tertiary alicyclic amines) is 1. The van der Waals surface area contributed by atoms with Gasteiger partial charge in [-0.25, -0.2) is 0 Å². The Hall–Kier alpha value is -1.06. The van der Waals surface area contributed by atoms with E-state index in [1.165, 1.54) is 5.56 Å². The first-order chi connectivity index (χ1) is 9.02. The number of halogens is 1. The number of hydrogen-bond acceptors (Lipinski definition) is 2. The third-order valence-electron chi connectivity index (χ3n) is 4.12. The van der Waals surface area contributed by atoms with Gasteiger partial charge in [-0.1, -0.05) is 37.6 Å². The Balaban J connectivity index is 1.98. The molecule has 1 N–H and O–H groups in total. The first-order valence-electron chi connectivity index (χ1n) is 6.75. The molecule has 1 saturated heterocycles. The van der Waals surface area contributed by atoms with Crippen LogP contribution in [0.4, 0.5) is 0 Å². The summed E-state index contributed by atoms with van der Waals surface area (Å²) in [5, 5.41) is 9.76. The van der Waals surface area contributed by atoms with Crippen LogP contribution in [0.3, 0.4) is 0 Å². The van der Waals surface area contributed by atoms with Crippen molar-refractivity contribution in [1.82, 2.24) is 4.90 Å². The summed E-state index contributed by atoms with van der Waals surface area (Å²) in [6, 6.07) is 8.32. The summed E-state index contributed by atoms with van der Waals surface area (Å²) in [4.78, 5) is 13.3. The number of rotatable bonds is 5. The van der Waals surface area contributed by atoms with Crippen LogP contribution in [0, 0.1) is 11.8 Å². The van der Waals surface area contributed by atoms with Crippen LogP contribution >= 0.6 is 11.6 Å². The van der Waals surface area contributed by atoms with E-state index in [9.17, 15) is 4.79 Å². The fourth-order valence-corrected chi connectivity index (χ4v) is 2.84. The van der Waals surface area contributed by atoms with E-state index in [4.69, 9.17) is 16.7 Å². The van der Waals surface area contributed by atoms with Gasteiger partial charge in [0, 0.05) is 24.2 Å². The average Bonchev–Trinajstić information content (AvgIpc) is 2.33. The average molecular weight is 282 g/mol. The van der Waals surface area contributed by atoms with Crippen LogP contribution in [0.5, 0.6) is 0 Å². The maximum Gasteiger partial charge on any atom is 0.306 e. The molecule has 1 fully saturated rings. The molecular formula is C15H20ClNO2. The Labute approximate surface area is 119 Å². The fraction of sp³-hybridized carbons (Fsp3) is 0.533. The maximum absolute atomic E-state index is 11.0. The molecule has 1 aliphatic rings. The van der Waals surface area contributed by atoms with Gasteiger partial charge < -0.3 is 5.11 Å². The van der Waals surface area contributed by atoms with Gasteiger partial charge in [0.05, 0.1) is 5.92 Å². The summed E-state index contributed by atoms with van der Waals surface area (Å²) < 4.78 is 0. The maximum atomic E-state index is 11.0. The van der Waals surface area contributed by atoms with Crippen molar-refractivity contribution in [3.63, 3.8) is 0 Å². The van der Waals surface area contributed by atoms with Crippen molar-refractivity contribution in [3.8, 4) is 0 Å². The number of benzene rings is 1. The highest BCUT2D eigenvalue weighted by atomic mass is 35.5. The smallest absolute Gasteiger partial charge is 0.306 e. The van der Waals surface area contributed by atoms with Gasteiger partial charge in [-0.2, -0.15) is 0 Å². The molecule has 0 spiro atoms. The van der Waals surface area contributed by atoms with E-state index in [0.717, 1.165) is 24.5 Å². The zero-order chi connectivity index (χ0) is 14.0. The number of aliphatic carboxylic acids is 1. The van der Waals surface area contributed by atoms with Gasteiger partial charge >= 0.3 is 5.97 Å². The molecule has 1 aliphatic heterocycles. The van der Waals surface area contributed by atoms with Crippen molar-refractivity contribution < 1.29 is 9.90 Å². The molecule has 0 amide bonds.